The molecule has 5 nitrogen and oxygen atoms in total. The van der Waals surface area contributed by atoms with Gasteiger partial charge in [-0.1, -0.05) is 18.2 Å². The van der Waals surface area contributed by atoms with Crippen molar-refractivity contribution in [2.75, 3.05) is 6.54 Å². The zero-order chi connectivity index (χ0) is 15.5. The molecule has 0 spiro atoms. The van der Waals surface area contributed by atoms with Crippen LogP contribution in [0.4, 0.5) is 5.69 Å². The molecule has 3 rings (SSSR count). The third kappa shape index (κ3) is 3.71. The van der Waals surface area contributed by atoms with Gasteiger partial charge < -0.3 is 5.11 Å². The Morgan fingerprint density at radius 1 is 1.36 bits per heavy atom. The van der Waals surface area contributed by atoms with E-state index in [0.717, 1.165) is 19.4 Å². The first kappa shape index (κ1) is 15.1. The number of nitrogens with zero attached hydrogens (tertiary/aromatic N) is 2. The van der Waals surface area contributed by atoms with E-state index in [0.29, 0.717) is 18.2 Å². The van der Waals surface area contributed by atoms with Crippen LogP contribution in [0.1, 0.15) is 29.4 Å². The van der Waals surface area contributed by atoms with Gasteiger partial charge >= 0.3 is 0 Å². The average molecular weight is 318 g/mol. The molecule has 1 N–H and O–H groups in total. The third-order valence-electron chi connectivity index (χ3n) is 3.88. The minimum absolute atomic E-state index is 0.0211. The zero-order valence-corrected chi connectivity index (χ0v) is 12.9. The largest absolute Gasteiger partial charge is 0.387 e. The average Bonchev–Trinajstić information content (AvgIpc) is 3.24. The highest BCUT2D eigenvalue weighted by Crippen LogP contribution is 2.31. The van der Waals surface area contributed by atoms with Gasteiger partial charge in [0.2, 0.25) is 0 Å². The molecule has 1 unspecified atom stereocenters. The maximum atomic E-state index is 10.8. The number of hydrogen-bond donors (Lipinski definition) is 1. The lowest BCUT2D eigenvalue weighted by Gasteiger charge is -2.24. The molecule has 2 aromatic rings. The lowest BCUT2D eigenvalue weighted by atomic mass is 10.1. The number of nitro benzene ring substituents is 1. The summed E-state index contributed by atoms with van der Waals surface area (Å²) in [6.45, 7) is 1.33. The third-order valence-corrected chi connectivity index (χ3v) is 4.74. The van der Waals surface area contributed by atoms with Gasteiger partial charge in [-0.15, -0.1) is 11.3 Å². The Labute approximate surface area is 133 Å². The van der Waals surface area contributed by atoms with Crippen LogP contribution < -0.4 is 0 Å². The molecule has 1 heterocycles. The number of aliphatic hydroxyl groups excluding tert-OH is 1. The van der Waals surface area contributed by atoms with E-state index in [2.05, 4.69) is 16.3 Å². The number of benzene rings is 1. The molecule has 116 valence electrons. The Kier molecular flexibility index (Phi) is 4.52. The summed E-state index contributed by atoms with van der Waals surface area (Å²) < 4.78 is 0. The van der Waals surface area contributed by atoms with Gasteiger partial charge in [-0.2, -0.15) is 0 Å². The molecule has 1 atom stereocenters. The van der Waals surface area contributed by atoms with Gasteiger partial charge in [0.05, 0.1) is 11.0 Å². The van der Waals surface area contributed by atoms with Crippen molar-refractivity contribution in [1.82, 2.24) is 4.90 Å². The van der Waals surface area contributed by atoms with E-state index in [1.165, 1.54) is 17.0 Å². The molecule has 1 fully saturated rings. The molecule has 1 aliphatic rings. The summed E-state index contributed by atoms with van der Waals surface area (Å²) in [5.74, 6) is 0. The fourth-order valence-electron chi connectivity index (χ4n) is 2.56. The second-order valence-electron chi connectivity index (χ2n) is 5.61. The fourth-order valence-corrected chi connectivity index (χ4v) is 3.29. The quantitative estimate of drug-likeness (QED) is 0.628. The van der Waals surface area contributed by atoms with Crippen molar-refractivity contribution in [1.29, 1.82) is 0 Å². The minimum Gasteiger partial charge on any atom is -0.387 e. The van der Waals surface area contributed by atoms with E-state index in [1.807, 2.05) is 6.07 Å². The Morgan fingerprint density at radius 2 is 2.18 bits per heavy atom. The second-order valence-corrected chi connectivity index (χ2v) is 6.64. The monoisotopic (exact) mass is 318 g/mol. The van der Waals surface area contributed by atoms with Crippen LogP contribution in [-0.4, -0.2) is 27.5 Å². The van der Waals surface area contributed by atoms with Crippen LogP contribution in [0.3, 0.4) is 0 Å². The fraction of sp³-hybridized carbons (Fsp3) is 0.375. The first-order valence-electron chi connectivity index (χ1n) is 7.32. The molecule has 0 radical (unpaired) electrons. The standard InChI is InChI=1S/C16H18N2O3S/c19-16(12-3-1-4-14(9-12)18(20)21)11-17(13-6-7-13)10-15-5-2-8-22-15/h1-5,8-9,13,16,19H,6-7,10-11H2. The first-order chi connectivity index (χ1) is 10.6. The van der Waals surface area contributed by atoms with Crippen molar-refractivity contribution < 1.29 is 10.0 Å². The predicted octanol–water partition coefficient (Wildman–Crippen LogP) is 3.35. The molecule has 1 aliphatic carbocycles. The van der Waals surface area contributed by atoms with Crippen molar-refractivity contribution in [3.05, 3.63) is 62.3 Å². The molecule has 1 aromatic carbocycles. The maximum absolute atomic E-state index is 10.8. The molecule has 0 amide bonds. The number of nitro groups is 1. The van der Waals surface area contributed by atoms with Gasteiger partial charge in [0, 0.05) is 36.1 Å². The summed E-state index contributed by atoms with van der Waals surface area (Å²) in [6, 6.07) is 10.9. The van der Waals surface area contributed by atoms with Crippen LogP contribution in [0.5, 0.6) is 0 Å². The molecule has 0 bridgehead atoms. The van der Waals surface area contributed by atoms with Gasteiger partial charge in [-0.05, 0) is 29.9 Å². The second kappa shape index (κ2) is 6.56. The summed E-state index contributed by atoms with van der Waals surface area (Å²) in [7, 11) is 0. The zero-order valence-electron chi connectivity index (χ0n) is 12.1. The summed E-state index contributed by atoms with van der Waals surface area (Å²) in [4.78, 5) is 14.0. The van der Waals surface area contributed by atoms with Gasteiger partial charge in [0.25, 0.3) is 5.69 Å². The van der Waals surface area contributed by atoms with Crippen LogP contribution in [0.25, 0.3) is 0 Å². The summed E-state index contributed by atoms with van der Waals surface area (Å²) in [6.07, 6.45) is 1.61. The van der Waals surface area contributed by atoms with Gasteiger partial charge in [0.15, 0.2) is 0 Å². The number of hydrogen-bond acceptors (Lipinski definition) is 5. The normalized spacial score (nSPS) is 15.9. The lowest BCUT2D eigenvalue weighted by molar-refractivity contribution is -0.385. The van der Waals surface area contributed by atoms with Crippen LogP contribution in [0.2, 0.25) is 0 Å². The highest BCUT2D eigenvalue weighted by atomic mass is 32.1. The first-order valence-corrected chi connectivity index (χ1v) is 8.20. The smallest absolute Gasteiger partial charge is 0.269 e. The summed E-state index contributed by atoms with van der Waals surface area (Å²) in [5, 5.41) is 23.3. The van der Waals surface area contributed by atoms with Crippen molar-refractivity contribution in [2.45, 2.75) is 31.5 Å². The molecule has 22 heavy (non-hydrogen) atoms. The van der Waals surface area contributed by atoms with Gasteiger partial charge in [0.1, 0.15) is 0 Å². The van der Waals surface area contributed by atoms with Gasteiger partial charge in [-0.25, -0.2) is 0 Å². The van der Waals surface area contributed by atoms with Crippen LogP contribution in [-0.2, 0) is 6.54 Å². The molecule has 0 saturated heterocycles. The number of thiophene rings is 1. The van der Waals surface area contributed by atoms with Crippen LogP contribution in [0, 0.1) is 10.1 Å². The van der Waals surface area contributed by atoms with E-state index in [4.69, 9.17) is 0 Å². The van der Waals surface area contributed by atoms with Crippen molar-refractivity contribution in [2.24, 2.45) is 0 Å². The van der Waals surface area contributed by atoms with Gasteiger partial charge in [-0.3, -0.25) is 15.0 Å². The summed E-state index contributed by atoms with van der Waals surface area (Å²) >= 11 is 1.71. The van der Waals surface area contributed by atoms with E-state index in [-0.39, 0.29) is 5.69 Å². The van der Waals surface area contributed by atoms with E-state index < -0.39 is 11.0 Å². The predicted molar refractivity (Wildman–Crippen MR) is 85.8 cm³/mol. The van der Waals surface area contributed by atoms with E-state index in [9.17, 15) is 15.2 Å². The molecule has 1 aromatic heterocycles. The number of rotatable bonds is 7. The van der Waals surface area contributed by atoms with Crippen molar-refractivity contribution >= 4 is 17.0 Å². The van der Waals surface area contributed by atoms with Crippen molar-refractivity contribution in [3.8, 4) is 0 Å². The Bertz CT molecular complexity index is 641. The number of aliphatic hydroxyl groups is 1. The Hall–Kier alpha value is -1.76. The topological polar surface area (TPSA) is 66.6 Å². The minimum atomic E-state index is -0.708. The molecule has 1 saturated carbocycles. The van der Waals surface area contributed by atoms with Crippen LogP contribution >= 0.6 is 11.3 Å². The summed E-state index contributed by atoms with van der Waals surface area (Å²) in [5.41, 5.74) is 0.624. The highest BCUT2D eigenvalue weighted by Gasteiger charge is 2.30. The molecule has 6 heteroatoms. The van der Waals surface area contributed by atoms with Crippen LogP contribution in [0.15, 0.2) is 41.8 Å². The molecule has 0 aliphatic heterocycles. The highest BCUT2D eigenvalue weighted by molar-refractivity contribution is 7.09. The Balaban J connectivity index is 1.69. The maximum Gasteiger partial charge on any atom is 0.269 e. The van der Waals surface area contributed by atoms with E-state index >= 15 is 0 Å². The molecular weight excluding hydrogens is 300 g/mol. The number of non-ortho nitro benzene ring substituents is 1. The molecular formula is C16H18N2O3S. The van der Waals surface area contributed by atoms with Crippen molar-refractivity contribution in [3.63, 3.8) is 0 Å². The lowest BCUT2D eigenvalue weighted by Crippen LogP contribution is -2.30. The Morgan fingerprint density at radius 3 is 2.82 bits per heavy atom. The van der Waals surface area contributed by atoms with E-state index in [1.54, 1.807) is 23.5 Å². The SMILES string of the molecule is O=[N+]([O-])c1cccc(C(O)CN(Cc2cccs2)C2CC2)c1.